The molecule has 1 heterocycles. The summed E-state index contributed by atoms with van der Waals surface area (Å²) in [5.41, 5.74) is 7.83. The van der Waals surface area contributed by atoms with Crippen molar-refractivity contribution in [2.45, 2.75) is 78.3 Å². The normalized spacial score (nSPS) is 16.4. The highest BCUT2D eigenvalue weighted by atomic mass is 16.1. The van der Waals surface area contributed by atoms with Crippen molar-refractivity contribution in [3.63, 3.8) is 0 Å². The van der Waals surface area contributed by atoms with Crippen LogP contribution in [0.5, 0.6) is 0 Å². The molecule has 0 atom stereocenters. The summed E-state index contributed by atoms with van der Waals surface area (Å²) in [4.78, 5) is 12.5. The van der Waals surface area contributed by atoms with Gasteiger partial charge in [0.25, 0.3) is 5.56 Å². The van der Waals surface area contributed by atoms with Gasteiger partial charge < -0.3 is 5.73 Å². The maximum atomic E-state index is 12.5. The lowest BCUT2D eigenvalue weighted by Gasteiger charge is -2.18. The summed E-state index contributed by atoms with van der Waals surface area (Å²) in [7, 11) is 0. The Bertz CT molecular complexity index is 493. The predicted octanol–water partition coefficient (Wildman–Crippen LogP) is 3.35. The van der Waals surface area contributed by atoms with Crippen LogP contribution in [0.25, 0.3) is 0 Å². The van der Waals surface area contributed by atoms with Crippen LogP contribution >= 0.6 is 0 Å². The molecule has 0 bridgehead atoms. The molecule has 1 saturated carbocycles. The van der Waals surface area contributed by atoms with E-state index in [0.717, 1.165) is 31.6 Å². The Hall–Kier alpha value is -1.19. The molecule has 4 heteroatoms. The van der Waals surface area contributed by atoms with E-state index < -0.39 is 0 Å². The van der Waals surface area contributed by atoms with Crippen molar-refractivity contribution < 1.29 is 0 Å². The summed E-state index contributed by atoms with van der Waals surface area (Å²) >= 11 is 0. The van der Waals surface area contributed by atoms with Gasteiger partial charge in [0.05, 0.1) is 5.69 Å². The molecule has 1 aliphatic carbocycles. The van der Waals surface area contributed by atoms with Gasteiger partial charge in [0.2, 0.25) is 0 Å². The molecule has 2 N–H and O–H groups in total. The van der Waals surface area contributed by atoms with Crippen LogP contribution in [0.2, 0.25) is 0 Å². The molecule has 0 unspecified atom stereocenters. The van der Waals surface area contributed by atoms with Gasteiger partial charge in [-0.25, -0.2) is 4.68 Å². The smallest absolute Gasteiger partial charge is 0.290 e. The Morgan fingerprint density at radius 3 is 2.40 bits per heavy atom. The number of nitrogen functional groups attached to an aromatic ring is 1. The zero-order chi connectivity index (χ0) is 14.7. The van der Waals surface area contributed by atoms with Gasteiger partial charge in [0.15, 0.2) is 0 Å². The Morgan fingerprint density at radius 1 is 1.20 bits per heavy atom. The van der Waals surface area contributed by atoms with Crippen LogP contribution in [-0.4, -0.2) is 9.36 Å². The Balaban J connectivity index is 2.39. The minimum Gasteiger partial charge on any atom is -0.393 e. The maximum Gasteiger partial charge on any atom is 0.290 e. The standard InChI is InChI=1S/C16H29N3O/c1-4-10-18-15(13-7-5-6-8-13)14(17)16(20)19(18)11-9-12(2)3/h12-13H,4-11,17H2,1-3H3. The lowest BCUT2D eigenvalue weighted by molar-refractivity contribution is 0.383. The summed E-state index contributed by atoms with van der Waals surface area (Å²) in [6.07, 6.45) is 6.96. The van der Waals surface area contributed by atoms with Gasteiger partial charge in [-0.3, -0.25) is 9.48 Å². The zero-order valence-electron chi connectivity index (χ0n) is 13.2. The Labute approximate surface area is 121 Å². The molecule has 1 fully saturated rings. The molecule has 0 aliphatic heterocycles. The summed E-state index contributed by atoms with van der Waals surface area (Å²) in [5, 5.41) is 0. The fourth-order valence-corrected chi connectivity index (χ4v) is 3.31. The van der Waals surface area contributed by atoms with E-state index in [0.29, 0.717) is 17.5 Å². The predicted molar refractivity (Wildman–Crippen MR) is 84.1 cm³/mol. The van der Waals surface area contributed by atoms with Crippen LogP contribution in [0, 0.1) is 5.92 Å². The first-order chi connectivity index (χ1) is 9.56. The highest BCUT2D eigenvalue weighted by Crippen LogP contribution is 2.36. The first-order valence-electron chi connectivity index (χ1n) is 8.15. The second-order valence-corrected chi connectivity index (χ2v) is 6.51. The maximum absolute atomic E-state index is 12.5. The molecule has 114 valence electrons. The third-order valence-corrected chi connectivity index (χ3v) is 4.41. The van der Waals surface area contributed by atoms with E-state index in [9.17, 15) is 4.79 Å². The van der Waals surface area contributed by atoms with Crippen LogP contribution in [0.3, 0.4) is 0 Å². The van der Waals surface area contributed by atoms with E-state index in [1.54, 1.807) is 0 Å². The van der Waals surface area contributed by atoms with E-state index in [-0.39, 0.29) is 5.56 Å². The summed E-state index contributed by atoms with van der Waals surface area (Å²) < 4.78 is 4.09. The molecule has 0 spiro atoms. The van der Waals surface area contributed by atoms with Gasteiger partial charge in [-0.1, -0.05) is 33.6 Å². The van der Waals surface area contributed by atoms with Crippen LogP contribution in [-0.2, 0) is 13.1 Å². The number of nitrogens with two attached hydrogens (primary N) is 1. The molecule has 20 heavy (non-hydrogen) atoms. The van der Waals surface area contributed by atoms with Gasteiger partial charge in [-0.15, -0.1) is 0 Å². The van der Waals surface area contributed by atoms with Crippen LogP contribution in [0.1, 0.15) is 70.9 Å². The number of anilines is 1. The minimum absolute atomic E-state index is 0.0287. The van der Waals surface area contributed by atoms with Gasteiger partial charge >= 0.3 is 0 Å². The third-order valence-electron chi connectivity index (χ3n) is 4.41. The molecule has 2 rings (SSSR count). The second-order valence-electron chi connectivity index (χ2n) is 6.51. The van der Waals surface area contributed by atoms with Crippen LogP contribution < -0.4 is 11.3 Å². The highest BCUT2D eigenvalue weighted by molar-refractivity contribution is 5.44. The lowest BCUT2D eigenvalue weighted by atomic mass is 10.0. The summed E-state index contributed by atoms with van der Waals surface area (Å²) in [5.74, 6) is 1.09. The van der Waals surface area contributed by atoms with E-state index in [1.165, 1.54) is 25.7 Å². The molecule has 0 radical (unpaired) electrons. The molecule has 0 aromatic carbocycles. The Morgan fingerprint density at radius 2 is 1.85 bits per heavy atom. The number of hydrogen-bond acceptors (Lipinski definition) is 2. The zero-order valence-corrected chi connectivity index (χ0v) is 13.2. The average molecular weight is 279 g/mol. The van der Waals surface area contributed by atoms with Gasteiger partial charge in [-0.05, 0) is 31.6 Å². The quantitative estimate of drug-likeness (QED) is 0.868. The fraction of sp³-hybridized carbons (Fsp3) is 0.812. The number of aromatic nitrogens is 2. The SMILES string of the molecule is CCCn1c(C2CCCC2)c(N)c(=O)n1CCC(C)C. The summed E-state index contributed by atoms with van der Waals surface area (Å²) in [6.45, 7) is 8.23. The summed E-state index contributed by atoms with van der Waals surface area (Å²) in [6, 6.07) is 0. The van der Waals surface area contributed by atoms with Crippen LogP contribution in [0.15, 0.2) is 4.79 Å². The van der Waals surface area contributed by atoms with Gasteiger partial charge in [-0.2, -0.15) is 0 Å². The van der Waals surface area contributed by atoms with E-state index >= 15 is 0 Å². The highest BCUT2D eigenvalue weighted by Gasteiger charge is 2.27. The van der Waals surface area contributed by atoms with Crippen molar-refractivity contribution >= 4 is 5.69 Å². The van der Waals surface area contributed by atoms with E-state index in [2.05, 4.69) is 25.5 Å². The first kappa shape index (κ1) is 15.2. The molecular formula is C16H29N3O. The fourth-order valence-electron chi connectivity index (χ4n) is 3.31. The van der Waals surface area contributed by atoms with Crippen molar-refractivity contribution in [1.29, 1.82) is 0 Å². The number of hydrogen-bond donors (Lipinski definition) is 1. The lowest BCUT2D eigenvalue weighted by Crippen LogP contribution is -2.25. The van der Waals surface area contributed by atoms with E-state index in [4.69, 9.17) is 5.73 Å². The van der Waals surface area contributed by atoms with E-state index in [1.807, 2.05) is 4.68 Å². The Kier molecular flexibility index (Phi) is 4.95. The molecule has 0 saturated heterocycles. The minimum atomic E-state index is 0.0287. The molecule has 1 aromatic heterocycles. The average Bonchev–Trinajstić information content (AvgIpc) is 2.98. The molecule has 0 amide bonds. The molecule has 1 aliphatic rings. The molecular weight excluding hydrogens is 250 g/mol. The first-order valence-corrected chi connectivity index (χ1v) is 8.15. The number of rotatable bonds is 6. The molecule has 4 nitrogen and oxygen atoms in total. The van der Waals surface area contributed by atoms with Crippen LogP contribution in [0.4, 0.5) is 5.69 Å². The topological polar surface area (TPSA) is 52.9 Å². The third kappa shape index (κ3) is 2.94. The van der Waals surface area contributed by atoms with Crippen molar-refractivity contribution in [3.8, 4) is 0 Å². The second kappa shape index (κ2) is 6.51. The molecule has 1 aromatic rings. The van der Waals surface area contributed by atoms with Gasteiger partial charge in [0.1, 0.15) is 5.69 Å². The number of nitrogens with zero attached hydrogens (tertiary/aromatic N) is 2. The van der Waals surface area contributed by atoms with Crippen molar-refractivity contribution in [1.82, 2.24) is 9.36 Å². The van der Waals surface area contributed by atoms with Gasteiger partial charge in [0, 0.05) is 19.0 Å². The van der Waals surface area contributed by atoms with Crippen molar-refractivity contribution in [2.24, 2.45) is 5.92 Å². The van der Waals surface area contributed by atoms with Crippen molar-refractivity contribution in [2.75, 3.05) is 5.73 Å². The van der Waals surface area contributed by atoms with Crippen molar-refractivity contribution in [3.05, 3.63) is 16.0 Å². The largest absolute Gasteiger partial charge is 0.393 e. The monoisotopic (exact) mass is 279 g/mol.